The summed E-state index contributed by atoms with van der Waals surface area (Å²) in [5, 5.41) is 2.15. The highest BCUT2D eigenvalue weighted by molar-refractivity contribution is 6.31. The smallest absolute Gasteiger partial charge is 0.251 e. The van der Waals surface area contributed by atoms with Gasteiger partial charge in [0.15, 0.2) is 0 Å². The van der Waals surface area contributed by atoms with Gasteiger partial charge in [0.25, 0.3) is 5.56 Å². The van der Waals surface area contributed by atoms with Crippen molar-refractivity contribution >= 4 is 39.8 Å². The van der Waals surface area contributed by atoms with E-state index in [-0.39, 0.29) is 11.5 Å². The van der Waals surface area contributed by atoms with Crippen molar-refractivity contribution in [1.29, 1.82) is 0 Å². The Bertz CT molecular complexity index is 1600. The molecule has 2 aromatic heterocycles. The molecule has 0 spiro atoms. The van der Waals surface area contributed by atoms with Crippen LogP contribution in [0.1, 0.15) is 22.7 Å². The molecule has 0 saturated heterocycles. The Morgan fingerprint density at radius 2 is 1.74 bits per heavy atom. The molecule has 0 fully saturated rings. The van der Waals surface area contributed by atoms with Crippen molar-refractivity contribution in [3.05, 3.63) is 116 Å². The lowest BCUT2D eigenvalue weighted by Gasteiger charge is -2.22. The van der Waals surface area contributed by atoms with E-state index >= 15 is 0 Å². The maximum absolute atomic E-state index is 12.7. The van der Waals surface area contributed by atoms with Crippen LogP contribution in [0.4, 0.5) is 5.69 Å². The number of fused-ring (bicyclic) bond motifs is 1. The maximum Gasteiger partial charge on any atom is 0.251 e. The highest BCUT2D eigenvalue weighted by atomic mass is 35.5. The molecule has 2 heterocycles. The van der Waals surface area contributed by atoms with Crippen LogP contribution in [0.3, 0.4) is 0 Å². The summed E-state index contributed by atoms with van der Waals surface area (Å²) in [6, 6.07) is 20.9. The van der Waals surface area contributed by atoms with Crippen molar-refractivity contribution < 1.29 is 0 Å². The van der Waals surface area contributed by atoms with Gasteiger partial charge in [0, 0.05) is 53.2 Å². The molecule has 34 heavy (non-hydrogen) atoms. The summed E-state index contributed by atoms with van der Waals surface area (Å²) in [5.41, 5.74) is 12.4. The van der Waals surface area contributed by atoms with Gasteiger partial charge in [0.2, 0.25) is 0 Å². The number of nitrogens with two attached hydrogens (primary N) is 1. The van der Waals surface area contributed by atoms with E-state index in [0.29, 0.717) is 15.7 Å². The van der Waals surface area contributed by atoms with E-state index in [0.717, 1.165) is 38.9 Å². The van der Waals surface area contributed by atoms with Gasteiger partial charge < -0.3 is 14.9 Å². The van der Waals surface area contributed by atoms with Crippen LogP contribution in [0.2, 0.25) is 10.0 Å². The summed E-state index contributed by atoms with van der Waals surface area (Å²) < 4.78 is 3.64. The van der Waals surface area contributed by atoms with Crippen molar-refractivity contribution in [3.63, 3.8) is 0 Å². The molecule has 5 rings (SSSR count). The first-order valence-corrected chi connectivity index (χ1v) is 11.5. The summed E-state index contributed by atoms with van der Waals surface area (Å²) in [6.45, 7) is 0. The van der Waals surface area contributed by atoms with Gasteiger partial charge in [0.1, 0.15) is 0 Å². The first kappa shape index (κ1) is 22.3. The molecule has 5 nitrogen and oxygen atoms in total. The third-order valence-electron chi connectivity index (χ3n) is 6.25. The number of hydrogen-bond donors (Lipinski definition) is 1. The van der Waals surface area contributed by atoms with E-state index in [1.165, 1.54) is 0 Å². The van der Waals surface area contributed by atoms with Gasteiger partial charge in [-0.1, -0.05) is 47.5 Å². The molecule has 0 amide bonds. The molecule has 5 aromatic rings. The fraction of sp³-hybridized carbons (Fsp3) is 0.111. The zero-order chi connectivity index (χ0) is 24.0. The number of pyridine rings is 1. The zero-order valence-electron chi connectivity index (χ0n) is 18.7. The highest BCUT2D eigenvalue weighted by Gasteiger charge is 2.23. The summed E-state index contributed by atoms with van der Waals surface area (Å²) in [6.07, 6.45) is 3.62. The summed E-state index contributed by atoms with van der Waals surface area (Å²) in [4.78, 5) is 17.1. The van der Waals surface area contributed by atoms with E-state index in [2.05, 4.69) is 11.1 Å². The molecule has 0 aliphatic heterocycles. The Hall–Kier alpha value is -3.54. The average molecular weight is 489 g/mol. The van der Waals surface area contributed by atoms with Crippen LogP contribution in [0.15, 0.2) is 84.0 Å². The number of hydrogen-bond acceptors (Lipinski definition) is 3. The first-order valence-electron chi connectivity index (χ1n) is 10.7. The van der Waals surface area contributed by atoms with E-state index in [1.807, 2.05) is 66.3 Å². The number of nitrogen functional groups attached to an aromatic ring is 1. The first-order chi connectivity index (χ1) is 16.3. The monoisotopic (exact) mass is 488 g/mol. The lowest BCUT2D eigenvalue weighted by atomic mass is 9.86. The summed E-state index contributed by atoms with van der Waals surface area (Å²) in [7, 11) is 3.74. The molecule has 0 saturated carbocycles. The van der Waals surface area contributed by atoms with Gasteiger partial charge in [-0.3, -0.25) is 4.79 Å². The highest BCUT2D eigenvalue weighted by Crippen LogP contribution is 2.38. The number of benzene rings is 3. The second-order valence-corrected chi connectivity index (χ2v) is 9.25. The lowest BCUT2D eigenvalue weighted by Crippen LogP contribution is -2.17. The van der Waals surface area contributed by atoms with Crippen LogP contribution in [0, 0.1) is 0 Å². The number of anilines is 1. The average Bonchev–Trinajstić information content (AvgIpc) is 3.23. The molecule has 170 valence electrons. The normalized spacial score (nSPS) is 12.2. The van der Waals surface area contributed by atoms with Gasteiger partial charge in [-0.25, -0.2) is 4.98 Å². The van der Waals surface area contributed by atoms with Crippen molar-refractivity contribution in [3.8, 4) is 11.1 Å². The van der Waals surface area contributed by atoms with Crippen LogP contribution in [-0.4, -0.2) is 14.1 Å². The van der Waals surface area contributed by atoms with Gasteiger partial charge in [-0.2, -0.15) is 0 Å². The number of rotatable bonds is 4. The van der Waals surface area contributed by atoms with E-state index < -0.39 is 0 Å². The summed E-state index contributed by atoms with van der Waals surface area (Å²) in [5.74, 6) is -0.182. The van der Waals surface area contributed by atoms with Crippen LogP contribution in [0.25, 0.3) is 22.0 Å². The molecule has 0 unspecified atom stereocenters. The van der Waals surface area contributed by atoms with Crippen molar-refractivity contribution in [2.75, 3.05) is 5.73 Å². The molecule has 2 N–H and O–H groups in total. The fourth-order valence-electron chi connectivity index (χ4n) is 4.52. The zero-order valence-corrected chi connectivity index (χ0v) is 20.2. The molecule has 7 heteroatoms. The third kappa shape index (κ3) is 3.87. The standard InChI is InChI=1S/C27H22Cl2N4O/c1-32-15-31-14-25(32)27(20-8-7-19(29)12-23(20)30)17-6-9-24-22(11-17)21(13-26(34)33(24)2)16-4-3-5-18(28)10-16/h3-15,27H,30H2,1-2H3/t27-/m1/s1. The molecular formula is C27H22Cl2N4O. The van der Waals surface area contributed by atoms with Crippen LogP contribution < -0.4 is 11.3 Å². The quantitative estimate of drug-likeness (QED) is 0.315. The Balaban J connectivity index is 1.81. The minimum Gasteiger partial charge on any atom is -0.398 e. The number of imidazole rings is 1. The number of aryl methyl sites for hydroxylation is 2. The SMILES string of the molecule is Cn1cncc1[C@H](c1ccc2c(c1)c(-c1cccc(Cl)c1)cc(=O)n2C)c1ccc(Cl)cc1N. The number of aromatic nitrogens is 3. The minimum atomic E-state index is -0.182. The Morgan fingerprint density at radius 3 is 2.44 bits per heavy atom. The van der Waals surface area contributed by atoms with Crippen molar-refractivity contribution in [2.24, 2.45) is 14.1 Å². The van der Waals surface area contributed by atoms with Crippen LogP contribution in [0.5, 0.6) is 0 Å². The number of halogens is 2. The Kier molecular flexibility index (Phi) is 5.68. The van der Waals surface area contributed by atoms with Gasteiger partial charge in [-0.15, -0.1) is 0 Å². The van der Waals surface area contributed by atoms with Gasteiger partial charge in [-0.05, 0) is 58.7 Å². The predicted octanol–water partition coefficient (Wildman–Crippen LogP) is 6.01. The molecular weight excluding hydrogens is 467 g/mol. The second-order valence-electron chi connectivity index (χ2n) is 8.38. The molecule has 1 atom stereocenters. The second kappa shape index (κ2) is 8.67. The maximum atomic E-state index is 12.7. The summed E-state index contributed by atoms with van der Waals surface area (Å²) >= 11 is 12.5. The third-order valence-corrected chi connectivity index (χ3v) is 6.72. The van der Waals surface area contributed by atoms with E-state index in [9.17, 15) is 4.79 Å². The van der Waals surface area contributed by atoms with Gasteiger partial charge >= 0.3 is 0 Å². The fourth-order valence-corrected chi connectivity index (χ4v) is 4.89. The lowest BCUT2D eigenvalue weighted by molar-refractivity contribution is 0.794. The molecule has 0 bridgehead atoms. The minimum absolute atomic E-state index is 0.0830. The largest absolute Gasteiger partial charge is 0.398 e. The van der Waals surface area contributed by atoms with E-state index in [1.54, 1.807) is 30.1 Å². The molecule has 0 aliphatic rings. The molecule has 0 aliphatic carbocycles. The Labute approximate surface area is 207 Å². The predicted molar refractivity (Wildman–Crippen MR) is 140 cm³/mol. The van der Waals surface area contributed by atoms with Gasteiger partial charge in [0.05, 0.1) is 17.8 Å². The van der Waals surface area contributed by atoms with Crippen molar-refractivity contribution in [1.82, 2.24) is 14.1 Å². The van der Waals surface area contributed by atoms with Crippen LogP contribution in [-0.2, 0) is 14.1 Å². The topological polar surface area (TPSA) is 65.8 Å². The van der Waals surface area contributed by atoms with Crippen molar-refractivity contribution in [2.45, 2.75) is 5.92 Å². The number of nitrogens with zero attached hydrogens (tertiary/aromatic N) is 3. The molecule has 0 radical (unpaired) electrons. The Morgan fingerprint density at radius 1 is 0.941 bits per heavy atom. The van der Waals surface area contributed by atoms with Crippen LogP contribution >= 0.6 is 23.2 Å². The molecule has 3 aromatic carbocycles. The van der Waals surface area contributed by atoms with E-state index in [4.69, 9.17) is 28.9 Å².